The summed E-state index contributed by atoms with van der Waals surface area (Å²) in [5.41, 5.74) is 7.50. The highest BCUT2D eigenvalue weighted by atomic mass is 14.9. The highest BCUT2D eigenvalue weighted by molar-refractivity contribution is 5.82. The molecule has 0 aliphatic heterocycles. The molecule has 0 radical (unpaired) electrons. The van der Waals surface area contributed by atoms with Gasteiger partial charge in [0.05, 0.1) is 22.9 Å². The summed E-state index contributed by atoms with van der Waals surface area (Å²) in [6, 6.07) is 2.05. The molecule has 13 heavy (non-hydrogen) atoms. The molecule has 1 heterocycles. The number of nitrogens with two attached hydrogens (primary N) is 1. The van der Waals surface area contributed by atoms with Crippen LogP contribution in [-0.2, 0) is 0 Å². The molecule has 0 unspecified atom stereocenters. The number of nitriles is 1. The van der Waals surface area contributed by atoms with Crippen molar-refractivity contribution in [3.8, 4) is 6.07 Å². The minimum atomic E-state index is 0.349. The van der Waals surface area contributed by atoms with Crippen molar-refractivity contribution in [2.75, 3.05) is 5.73 Å². The molecule has 0 spiro atoms. The van der Waals surface area contributed by atoms with Crippen LogP contribution in [0.5, 0.6) is 0 Å². The van der Waals surface area contributed by atoms with Gasteiger partial charge in [-0.25, -0.2) is 9.97 Å². The van der Waals surface area contributed by atoms with Gasteiger partial charge in [0, 0.05) is 0 Å². The van der Waals surface area contributed by atoms with Crippen LogP contribution >= 0.6 is 0 Å². The second kappa shape index (κ2) is 3.68. The standard InChI is InChI=1S/C9H10N4/c1-3-7(4-10)8-6(2)12-5-13-9(8)11/h3,5H,1-2H3,(H2,11,12,13)/b7-3-. The Morgan fingerprint density at radius 3 is 2.77 bits per heavy atom. The molecule has 0 fully saturated rings. The van der Waals surface area contributed by atoms with Crippen molar-refractivity contribution < 1.29 is 0 Å². The molecule has 0 bridgehead atoms. The van der Waals surface area contributed by atoms with E-state index in [-0.39, 0.29) is 0 Å². The average Bonchev–Trinajstić information content (AvgIpc) is 2.11. The van der Waals surface area contributed by atoms with Crippen molar-refractivity contribution >= 4 is 11.4 Å². The SMILES string of the molecule is C/C=C(/C#N)c1c(C)ncnc1N. The Labute approximate surface area is 76.7 Å². The number of nitrogen functional groups attached to an aromatic ring is 1. The Kier molecular flexibility index (Phi) is 2.60. The van der Waals surface area contributed by atoms with E-state index in [1.165, 1.54) is 6.33 Å². The fourth-order valence-electron chi connectivity index (χ4n) is 1.09. The number of hydrogen-bond acceptors (Lipinski definition) is 4. The normalized spacial score (nSPS) is 11.0. The topological polar surface area (TPSA) is 75.6 Å². The van der Waals surface area contributed by atoms with Crippen LogP contribution in [0.2, 0.25) is 0 Å². The van der Waals surface area contributed by atoms with Crippen molar-refractivity contribution in [3.05, 3.63) is 23.7 Å². The van der Waals surface area contributed by atoms with Gasteiger partial charge in [-0.1, -0.05) is 6.08 Å². The van der Waals surface area contributed by atoms with Crippen LogP contribution in [0, 0.1) is 18.3 Å². The number of aryl methyl sites for hydroxylation is 1. The zero-order valence-corrected chi connectivity index (χ0v) is 7.57. The molecule has 0 saturated carbocycles. The minimum Gasteiger partial charge on any atom is -0.383 e. The molecule has 0 saturated heterocycles. The van der Waals surface area contributed by atoms with E-state index in [0.717, 1.165) is 5.69 Å². The number of nitrogens with zero attached hydrogens (tertiary/aromatic N) is 3. The minimum absolute atomic E-state index is 0.349. The maximum atomic E-state index is 8.80. The molecule has 1 aromatic heterocycles. The van der Waals surface area contributed by atoms with Crippen LogP contribution in [-0.4, -0.2) is 9.97 Å². The lowest BCUT2D eigenvalue weighted by atomic mass is 10.1. The van der Waals surface area contributed by atoms with Crippen molar-refractivity contribution in [2.24, 2.45) is 0 Å². The summed E-state index contributed by atoms with van der Waals surface area (Å²) in [4.78, 5) is 7.81. The number of rotatable bonds is 1. The fraction of sp³-hybridized carbons (Fsp3) is 0.222. The summed E-state index contributed by atoms with van der Waals surface area (Å²) >= 11 is 0. The zero-order valence-electron chi connectivity index (χ0n) is 7.57. The van der Waals surface area contributed by atoms with Gasteiger partial charge >= 0.3 is 0 Å². The van der Waals surface area contributed by atoms with Gasteiger partial charge in [-0.05, 0) is 13.8 Å². The number of aromatic nitrogens is 2. The van der Waals surface area contributed by atoms with E-state index in [2.05, 4.69) is 16.0 Å². The summed E-state index contributed by atoms with van der Waals surface area (Å²) in [6.07, 6.45) is 3.08. The Morgan fingerprint density at radius 2 is 2.31 bits per heavy atom. The molecule has 1 aromatic rings. The predicted molar refractivity (Wildman–Crippen MR) is 50.4 cm³/mol. The lowest BCUT2D eigenvalue weighted by Gasteiger charge is -2.04. The fourth-order valence-corrected chi connectivity index (χ4v) is 1.09. The summed E-state index contributed by atoms with van der Waals surface area (Å²) < 4.78 is 0. The first-order valence-corrected chi connectivity index (χ1v) is 3.84. The maximum Gasteiger partial charge on any atom is 0.135 e. The molecular weight excluding hydrogens is 164 g/mol. The molecule has 0 aromatic carbocycles. The third kappa shape index (κ3) is 1.64. The van der Waals surface area contributed by atoms with Gasteiger partial charge in [-0.2, -0.15) is 5.26 Å². The van der Waals surface area contributed by atoms with Gasteiger partial charge in [0.15, 0.2) is 0 Å². The van der Waals surface area contributed by atoms with Crippen molar-refractivity contribution in [2.45, 2.75) is 13.8 Å². The largest absolute Gasteiger partial charge is 0.383 e. The van der Waals surface area contributed by atoms with Crippen molar-refractivity contribution in [1.82, 2.24) is 9.97 Å². The summed E-state index contributed by atoms with van der Waals surface area (Å²) in [7, 11) is 0. The van der Waals surface area contributed by atoms with Gasteiger partial charge in [0.1, 0.15) is 12.1 Å². The molecule has 4 heteroatoms. The van der Waals surface area contributed by atoms with Gasteiger partial charge in [-0.3, -0.25) is 0 Å². The van der Waals surface area contributed by atoms with Crippen LogP contribution in [0.1, 0.15) is 18.2 Å². The first-order chi connectivity index (χ1) is 6.20. The summed E-state index contributed by atoms with van der Waals surface area (Å²) in [5, 5.41) is 8.80. The molecule has 0 aliphatic carbocycles. The van der Waals surface area contributed by atoms with Crippen molar-refractivity contribution in [3.63, 3.8) is 0 Å². The van der Waals surface area contributed by atoms with E-state index in [0.29, 0.717) is 17.0 Å². The quantitative estimate of drug-likeness (QED) is 0.651. The Balaban J connectivity index is 3.38. The second-order valence-corrected chi connectivity index (χ2v) is 2.53. The predicted octanol–water partition coefficient (Wildman–Crippen LogP) is 1.29. The molecule has 1 rings (SSSR count). The van der Waals surface area contributed by atoms with Crippen LogP contribution in [0.3, 0.4) is 0 Å². The summed E-state index contributed by atoms with van der Waals surface area (Å²) in [6.45, 7) is 3.58. The second-order valence-electron chi connectivity index (χ2n) is 2.53. The first kappa shape index (κ1) is 9.20. The molecule has 2 N–H and O–H groups in total. The summed E-state index contributed by atoms with van der Waals surface area (Å²) in [5.74, 6) is 0.349. The van der Waals surface area contributed by atoms with Crippen LogP contribution in [0.15, 0.2) is 12.4 Å². The zero-order chi connectivity index (χ0) is 9.84. The van der Waals surface area contributed by atoms with E-state index < -0.39 is 0 Å². The number of allylic oxidation sites excluding steroid dienone is 2. The molecule has 0 atom stereocenters. The van der Waals surface area contributed by atoms with Crippen LogP contribution in [0.4, 0.5) is 5.82 Å². The van der Waals surface area contributed by atoms with Crippen LogP contribution < -0.4 is 5.73 Å². The van der Waals surface area contributed by atoms with E-state index in [9.17, 15) is 0 Å². The van der Waals surface area contributed by atoms with E-state index in [4.69, 9.17) is 11.0 Å². The first-order valence-electron chi connectivity index (χ1n) is 3.84. The third-order valence-electron chi connectivity index (χ3n) is 1.74. The van der Waals surface area contributed by atoms with Gasteiger partial charge in [0.2, 0.25) is 0 Å². The Hall–Kier alpha value is -1.89. The smallest absolute Gasteiger partial charge is 0.135 e. The van der Waals surface area contributed by atoms with E-state index in [1.54, 1.807) is 19.9 Å². The molecule has 0 amide bonds. The molecule has 4 nitrogen and oxygen atoms in total. The number of hydrogen-bond donors (Lipinski definition) is 1. The van der Waals surface area contributed by atoms with Gasteiger partial charge in [0.25, 0.3) is 0 Å². The van der Waals surface area contributed by atoms with E-state index >= 15 is 0 Å². The lowest BCUT2D eigenvalue weighted by Crippen LogP contribution is -2.01. The average molecular weight is 174 g/mol. The molecule has 0 aliphatic rings. The Bertz CT molecular complexity index is 367. The lowest BCUT2D eigenvalue weighted by molar-refractivity contribution is 1.10. The van der Waals surface area contributed by atoms with Crippen LogP contribution in [0.25, 0.3) is 5.57 Å². The molecule has 66 valence electrons. The molecular formula is C9H10N4. The Morgan fingerprint density at radius 1 is 1.62 bits per heavy atom. The highest BCUT2D eigenvalue weighted by Gasteiger charge is 2.09. The number of anilines is 1. The van der Waals surface area contributed by atoms with E-state index in [1.807, 2.05) is 0 Å². The monoisotopic (exact) mass is 174 g/mol. The maximum absolute atomic E-state index is 8.80. The van der Waals surface area contributed by atoms with Gasteiger partial charge < -0.3 is 5.73 Å². The van der Waals surface area contributed by atoms with Gasteiger partial charge in [-0.15, -0.1) is 0 Å². The van der Waals surface area contributed by atoms with Crippen molar-refractivity contribution in [1.29, 1.82) is 5.26 Å². The third-order valence-corrected chi connectivity index (χ3v) is 1.74. The highest BCUT2D eigenvalue weighted by Crippen LogP contribution is 2.20.